The number of nitrogens with zero attached hydrogens (tertiary/aromatic N) is 1. The van der Waals surface area contributed by atoms with Gasteiger partial charge in [-0.2, -0.15) is 0 Å². The minimum atomic E-state index is -0.533. The van der Waals surface area contributed by atoms with Crippen molar-refractivity contribution in [2.24, 2.45) is 0 Å². The van der Waals surface area contributed by atoms with Gasteiger partial charge < -0.3 is 10.2 Å². The number of thiophene rings is 2. The van der Waals surface area contributed by atoms with Gasteiger partial charge in [-0.1, -0.05) is 12.1 Å². The fourth-order valence-electron chi connectivity index (χ4n) is 1.78. The van der Waals surface area contributed by atoms with Gasteiger partial charge >= 0.3 is 0 Å². The normalized spacial score (nSPS) is 11.9. The van der Waals surface area contributed by atoms with Gasteiger partial charge in [-0.25, -0.2) is 0 Å². The van der Waals surface area contributed by atoms with Gasteiger partial charge in [0.2, 0.25) is 5.91 Å². The highest BCUT2D eigenvalue weighted by atomic mass is 32.1. The number of amides is 2. The third-order valence-electron chi connectivity index (χ3n) is 2.81. The van der Waals surface area contributed by atoms with E-state index in [0.29, 0.717) is 11.4 Å². The Morgan fingerprint density at radius 3 is 2.55 bits per heavy atom. The van der Waals surface area contributed by atoms with Crippen molar-refractivity contribution >= 4 is 34.5 Å². The predicted molar refractivity (Wildman–Crippen MR) is 82.0 cm³/mol. The standard InChI is InChI=1S/C14H16N2O2S2/c1-10(15-13(17)12-6-4-8-20-12)14(18)16(2)9-11-5-3-7-19-11/h3-8,10H,9H2,1-2H3,(H,15,17). The highest BCUT2D eigenvalue weighted by Crippen LogP contribution is 2.12. The summed E-state index contributed by atoms with van der Waals surface area (Å²) in [6.07, 6.45) is 0. The molecule has 1 unspecified atom stereocenters. The minimum Gasteiger partial charge on any atom is -0.340 e. The van der Waals surface area contributed by atoms with Crippen LogP contribution in [0.2, 0.25) is 0 Å². The molecule has 0 radical (unpaired) electrons. The van der Waals surface area contributed by atoms with Gasteiger partial charge in [0.05, 0.1) is 11.4 Å². The second-order valence-corrected chi connectivity index (χ2v) is 6.43. The molecule has 0 aliphatic rings. The monoisotopic (exact) mass is 308 g/mol. The maximum atomic E-state index is 12.2. The Bertz CT molecular complexity index is 564. The van der Waals surface area contributed by atoms with Crippen LogP contribution >= 0.6 is 22.7 Å². The average Bonchev–Trinajstić information content (AvgIpc) is 3.10. The van der Waals surface area contributed by atoms with E-state index in [9.17, 15) is 9.59 Å². The Balaban J connectivity index is 1.89. The smallest absolute Gasteiger partial charge is 0.261 e. The van der Waals surface area contributed by atoms with E-state index in [1.165, 1.54) is 11.3 Å². The molecule has 106 valence electrons. The molecule has 0 spiro atoms. The number of carbonyl (C=O) groups is 2. The topological polar surface area (TPSA) is 49.4 Å². The van der Waals surface area contributed by atoms with Gasteiger partial charge in [0.1, 0.15) is 6.04 Å². The minimum absolute atomic E-state index is 0.0942. The molecule has 0 aliphatic heterocycles. The van der Waals surface area contributed by atoms with Crippen molar-refractivity contribution in [2.45, 2.75) is 19.5 Å². The van der Waals surface area contributed by atoms with Gasteiger partial charge in [0.25, 0.3) is 5.91 Å². The second-order valence-electron chi connectivity index (χ2n) is 4.45. The molecule has 0 aliphatic carbocycles. The fraction of sp³-hybridized carbons (Fsp3) is 0.286. The van der Waals surface area contributed by atoms with Crippen LogP contribution in [-0.4, -0.2) is 29.8 Å². The average molecular weight is 308 g/mol. The maximum Gasteiger partial charge on any atom is 0.261 e. The lowest BCUT2D eigenvalue weighted by Gasteiger charge is -2.21. The van der Waals surface area contributed by atoms with Crippen LogP contribution in [-0.2, 0) is 11.3 Å². The van der Waals surface area contributed by atoms with Crippen LogP contribution in [0, 0.1) is 0 Å². The van der Waals surface area contributed by atoms with E-state index in [0.717, 1.165) is 4.88 Å². The molecule has 2 amide bonds. The summed E-state index contributed by atoms with van der Waals surface area (Å²) in [5, 5.41) is 6.55. The first-order valence-corrected chi connectivity index (χ1v) is 7.95. The third-order valence-corrected chi connectivity index (χ3v) is 4.54. The molecule has 0 saturated carbocycles. The van der Waals surface area contributed by atoms with Crippen molar-refractivity contribution in [1.29, 1.82) is 0 Å². The molecular formula is C14H16N2O2S2. The molecule has 0 bridgehead atoms. The number of carbonyl (C=O) groups excluding carboxylic acids is 2. The Hall–Kier alpha value is -1.66. The molecule has 2 aromatic rings. The molecule has 20 heavy (non-hydrogen) atoms. The summed E-state index contributed by atoms with van der Waals surface area (Å²) in [5.41, 5.74) is 0. The lowest BCUT2D eigenvalue weighted by atomic mass is 10.2. The Morgan fingerprint density at radius 2 is 1.95 bits per heavy atom. The van der Waals surface area contributed by atoms with E-state index in [-0.39, 0.29) is 11.8 Å². The number of hydrogen-bond acceptors (Lipinski definition) is 4. The molecule has 2 aromatic heterocycles. The van der Waals surface area contributed by atoms with Gasteiger partial charge in [-0.05, 0) is 29.8 Å². The lowest BCUT2D eigenvalue weighted by Crippen LogP contribution is -2.45. The fourth-order valence-corrected chi connectivity index (χ4v) is 3.17. The molecule has 1 N–H and O–H groups in total. The molecular weight excluding hydrogens is 292 g/mol. The van der Waals surface area contributed by atoms with Gasteiger partial charge in [-0.15, -0.1) is 22.7 Å². The number of nitrogens with one attached hydrogen (secondary N) is 1. The van der Waals surface area contributed by atoms with Crippen LogP contribution in [0.4, 0.5) is 0 Å². The van der Waals surface area contributed by atoms with Crippen LogP contribution < -0.4 is 5.32 Å². The van der Waals surface area contributed by atoms with Crippen molar-refractivity contribution in [3.05, 3.63) is 44.8 Å². The second kappa shape index (κ2) is 6.67. The predicted octanol–water partition coefficient (Wildman–Crippen LogP) is 2.59. The zero-order valence-electron chi connectivity index (χ0n) is 11.3. The van der Waals surface area contributed by atoms with Crippen LogP contribution in [0.25, 0.3) is 0 Å². The molecule has 2 heterocycles. The van der Waals surface area contributed by atoms with E-state index in [4.69, 9.17) is 0 Å². The van der Waals surface area contributed by atoms with Crippen molar-refractivity contribution in [3.63, 3.8) is 0 Å². The van der Waals surface area contributed by atoms with Gasteiger partial charge in [-0.3, -0.25) is 9.59 Å². The zero-order valence-corrected chi connectivity index (χ0v) is 13.0. The summed E-state index contributed by atoms with van der Waals surface area (Å²) < 4.78 is 0. The molecule has 0 saturated heterocycles. The van der Waals surface area contributed by atoms with Crippen molar-refractivity contribution < 1.29 is 9.59 Å². The van der Waals surface area contributed by atoms with Crippen LogP contribution in [0.1, 0.15) is 21.5 Å². The molecule has 6 heteroatoms. The summed E-state index contributed by atoms with van der Waals surface area (Å²) in [6, 6.07) is 6.97. The van der Waals surface area contributed by atoms with Crippen LogP contribution in [0.3, 0.4) is 0 Å². The van der Waals surface area contributed by atoms with Gasteiger partial charge in [0, 0.05) is 11.9 Å². The summed E-state index contributed by atoms with van der Waals surface area (Å²) in [4.78, 5) is 27.5. The van der Waals surface area contributed by atoms with Crippen molar-refractivity contribution in [1.82, 2.24) is 10.2 Å². The van der Waals surface area contributed by atoms with Crippen LogP contribution in [0.5, 0.6) is 0 Å². The molecule has 4 nitrogen and oxygen atoms in total. The first-order valence-electron chi connectivity index (χ1n) is 6.19. The molecule has 0 aromatic carbocycles. The lowest BCUT2D eigenvalue weighted by molar-refractivity contribution is -0.132. The molecule has 2 rings (SSSR count). The Morgan fingerprint density at radius 1 is 1.25 bits per heavy atom. The Kier molecular flexibility index (Phi) is 4.92. The third kappa shape index (κ3) is 3.68. The van der Waals surface area contributed by atoms with Gasteiger partial charge in [0.15, 0.2) is 0 Å². The maximum absolute atomic E-state index is 12.2. The van der Waals surface area contributed by atoms with Crippen LogP contribution in [0.15, 0.2) is 35.0 Å². The molecule has 0 fully saturated rings. The molecule has 1 atom stereocenters. The highest BCUT2D eigenvalue weighted by molar-refractivity contribution is 7.12. The first-order chi connectivity index (χ1) is 9.58. The van der Waals surface area contributed by atoms with E-state index in [2.05, 4.69) is 5.32 Å². The van der Waals surface area contributed by atoms with Crippen molar-refractivity contribution in [3.8, 4) is 0 Å². The largest absolute Gasteiger partial charge is 0.340 e. The Labute approximate surface area is 126 Å². The SMILES string of the molecule is CC(NC(=O)c1cccs1)C(=O)N(C)Cc1cccs1. The highest BCUT2D eigenvalue weighted by Gasteiger charge is 2.20. The summed E-state index contributed by atoms with van der Waals surface area (Å²) in [5.74, 6) is -0.298. The summed E-state index contributed by atoms with van der Waals surface area (Å²) >= 11 is 2.97. The summed E-state index contributed by atoms with van der Waals surface area (Å²) in [6.45, 7) is 2.27. The summed E-state index contributed by atoms with van der Waals surface area (Å²) in [7, 11) is 1.75. The number of rotatable bonds is 5. The number of likely N-dealkylation sites (N-methyl/N-ethyl adjacent to an activating group) is 1. The number of hydrogen-bond donors (Lipinski definition) is 1. The van der Waals surface area contributed by atoms with Crippen molar-refractivity contribution in [2.75, 3.05) is 7.05 Å². The van der Waals surface area contributed by atoms with E-state index < -0.39 is 6.04 Å². The first kappa shape index (κ1) is 14.7. The van der Waals surface area contributed by atoms with E-state index in [1.807, 2.05) is 29.0 Å². The van der Waals surface area contributed by atoms with E-state index >= 15 is 0 Å². The zero-order chi connectivity index (χ0) is 14.5. The van der Waals surface area contributed by atoms with E-state index in [1.54, 1.807) is 36.3 Å². The quantitative estimate of drug-likeness (QED) is 0.923.